The number of hydrogen-bond acceptors (Lipinski definition) is 4. The van der Waals surface area contributed by atoms with Crippen molar-refractivity contribution in [2.24, 2.45) is 5.10 Å². The fourth-order valence-corrected chi connectivity index (χ4v) is 2.39. The Hall–Kier alpha value is -2.93. The number of amides is 1. The Morgan fingerprint density at radius 1 is 1.20 bits per heavy atom. The zero-order valence-corrected chi connectivity index (χ0v) is 14.9. The number of hydrazone groups is 1. The molecular formula is C18H15BrN4O2. The van der Waals surface area contributed by atoms with E-state index in [4.69, 9.17) is 4.74 Å². The minimum absolute atomic E-state index is 0.338. The van der Waals surface area contributed by atoms with Crippen LogP contribution in [0.4, 0.5) is 0 Å². The highest BCUT2D eigenvalue weighted by molar-refractivity contribution is 9.10. The number of carbonyl (C=O) groups is 1. The summed E-state index contributed by atoms with van der Waals surface area (Å²) in [6.07, 6.45) is 1.56. The minimum atomic E-state index is -0.361. The van der Waals surface area contributed by atoms with E-state index >= 15 is 0 Å². The first-order valence-electron chi connectivity index (χ1n) is 7.44. The molecule has 126 valence electrons. The van der Waals surface area contributed by atoms with Gasteiger partial charge in [0.25, 0.3) is 5.91 Å². The molecule has 0 unspecified atom stereocenters. The van der Waals surface area contributed by atoms with Gasteiger partial charge >= 0.3 is 0 Å². The van der Waals surface area contributed by atoms with Crippen LogP contribution in [0.3, 0.4) is 0 Å². The molecule has 1 aromatic heterocycles. The number of hydrogen-bond donors (Lipinski definition) is 2. The standard InChI is InChI=1S/C18H15BrN4O2/c1-25-15-8-2-12(3-9-15)11-20-23-18(24)17-10-16(21-22-17)13-4-6-14(19)7-5-13/h2-11H,1H3,(H,21,22)(H,23,24)/b20-11-. The highest BCUT2D eigenvalue weighted by Crippen LogP contribution is 2.20. The fraction of sp³-hybridized carbons (Fsp3) is 0.0556. The molecule has 0 aliphatic rings. The number of nitrogens with one attached hydrogen (secondary N) is 2. The monoisotopic (exact) mass is 398 g/mol. The van der Waals surface area contributed by atoms with Gasteiger partial charge < -0.3 is 4.74 Å². The molecule has 0 spiro atoms. The number of carbonyl (C=O) groups excluding carboxylic acids is 1. The Kier molecular flexibility index (Phi) is 5.25. The van der Waals surface area contributed by atoms with Crippen LogP contribution in [0.15, 0.2) is 64.2 Å². The molecule has 0 aliphatic carbocycles. The molecule has 25 heavy (non-hydrogen) atoms. The Bertz CT molecular complexity index is 886. The minimum Gasteiger partial charge on any atom is -0.497 e. The Morgan fingerprint density at radius 2 is 1.92 bits per heavy atom. The van der Waals surface area contributed by atoms with Gasteiger partial charge in [-0.2, -0.15) is 10.2 Å². The lowest BCUT2D eigenvalue weighted by Gasteiger charge is -1.99. The van der Waals surface area contributed by atoms with E-state index in [2.05, 4.69) is 36.7 Å². The maximum Gasteiger partial charge on any atom is 0.289 e. The van der Waals surface area contributed by atoms with Gasteiger partial charge in [0.05, 0.1) is 19.0 Å². The number of halogens is 1. The summed E-state index contributed by atoms with van der Waals surface area (Å²) < 4.78 is 6.07. The zero-order chi connectivity index (χ0) is 17.6. The predicted octanol–water partition coefficient (Wildman–Crippen LogP) is 3.61. The predicted molar refractivity (Wildman–Crippen MR) is 99.8 cm³/mol. The summed E-state index contributed by atoms with van der Waals surface area (Å²) >= 11 is 3.39. The van der Waals surface area contributed by atoms with Crippen molar-refractivity contribution < 1.29 is 9.53 Å². The lowest BCUT2D eigenvalue weighted by atomic mass is 10.1. The molecule has 3 rings (SSSR count). The van der Waals surface area contributed by atoms with E-state index in [9.17, 15) is 4.79 Å². The van der Waals surface area contributed by atoms with Gasteiger partial charge in [0.15, 0.2) is 0 Å². The van der Waals surface area contributed by atoms with Gasteiger partial charge in [0.2, 0.25) is 0 Å². The van der Waals surface area contributed by atoms with Crippen LogP contribution < -0.4 is 10.2 Å². The lowest BCUT2D eigenvalue weighted by molar-refractivity contribution is 0.0950. The Morgan fingerprint density at radius 3 is 2.60 bits per heavy atom. The Balaban J connectivity index is 1.63. The normalized spacial score (nSPS) is 10.8. The van der Waals surface area contributed by atoms with Gasteiger partial charge in [0.1, 0.15) is 11.4 Å². The van der Waals surface area contributed by atoms with Crippen molar-refractivity contribution in [3.8, 4) is 17.0 Å². The number of ether oxygens (including phenoxy) is 1. The molecule has 1 heterocycles. The maximum absolute atomic E-state index is 12.1. The number of benzene rings is 2. The number of aromatic amines is 1. The summed E-state index contributed by atoms with van der Waals surface area (Å²) in [7, 11) is 1.61. The SMILES string of the molecule is COc1ccc(/C=N\NC(=O)c2cc(-c3ccc(Br)cc3)n[nH]2)cc1. The van der Waals surface area contributed by atoms with Crippen LogP contribution in [-0.4, -0.2) is 29.4 Å². The van der Waals surface area contributed by atoms with Crippen LogP contribution in [-0.2, 0) is 0 Å². The molecule has 0 fully saturated rings. The quantitative estimate of drug-likeness (QED) is 0.508. The molecule has 0 bridgehead atoms. The average Bonchev–Trinajstić information content (AvgIpc) is 3.13. The van der Waals surface area contributed by atoms with Gasteiger partial charge in [-0.05, 0) is 48.0 Å². The summed E-state index contributed by atoms with van der Waals surface area (Å²) in [5, 5.41) is 10.8. The summed E-state index contributed by atoms with van der Waals surface area (Å²) in [5.41, 5.74) is 5.26. The van der Waals surface area contributed by atoms with Crippen molar-refractivity contribution in [1.29, 1.82) is 0 Å². The zero-order valence-electron chi connectivity index (χ0n) is 13.4. The Labute approximate surface area is 153 Å². The molecule has 7 heteroatoms. The van der Waals surface area contributed by atoms with Crippen LogP contribution >= 0.6 is 15.9 Å². The number of nitrogens with zero attached hydrogens (tertiary/aromatic N) is 2. The van der Waals surface area contributed by atoms with Crippen molar-refractivity contribution >= 4 is 28.1 Å². The lowest BCUT2D eigenvalue weighted by Crippen LogP contribution is -2.17. The largest absolute Gasteiger partial charge is 0.497 e. The molecule has 6 nitrogen and oxygen atoms in total. The fourth-order valence-electron chi connectivity index (χ4n) is 2.12. The van der Waals surface area contributed by atoms with E-state index < -0.39 is 0 Å². The summed E-state index contributed by atoms with van der Waals surface area (Å²) in [6, 6.07) is 16.7. The molecule has 0 saturated carbocycles. The highest BCUT2D eigenvalue weighted by Gasteiger charge is 2.10. The molecular weight excluding hydrogens is 384 g/mol. The third-order valence-electron chi connectivity index (χ3n) is 3.46. The van der Waals surface area contributed by atoms with Crippen molar-refractivity contribution in [2.75, 3.05) is 7.11 Å². The second kappa shape index (κ2) is 7.76. The maximum atomic E-state index is 12.1. The number of aromatic nitrogens is 2. The number of H-pyrrole nitrogens is 1. The molecule has 3 aromatic rings. The van der Waals surface area contributed by atoms with E-state index in [-0.39, 0.29) is 5.91 Å². The first-order chi connectivity index (χ1) is 12.2. The average molecular weight is 399 g/mol. The molecule has 0 radical (unpaired) electrons. The van der Waals surface area contributed by atoms with E-state index in [0.717, 1.165) is 21.3 Å². The first-order valence-corrected chi connectivity index (χ1v) is 8.24. The van der Waals surface area contributed by atoms with E-state index in [1.165, 1.54) is 0 Å². The number of methoxy groups -OCH3 is 1. The van der Waals surface area contributed by atoms with Gasteiger partial charge in [-0.25, -0.2) is 5.43 Å². The van der Waals surface area contributed by atoms with Gasteiger partial charge in [-0.15, -0.1) is 0 Å². The van der Waals surface area contributed by atoms with Crippen LogP contribution in [0.1, 0.15) is 16.1 Å². The first kappa shape index (κ1) is 16.9. The van der Waals surface area contributed by atoms with Crippen LogP contribution in [0.2, 0.25) is 0 Å². The van der Waals surface area contributed by atoms with E-state index in [1.54, 1.807) is 19.4 Å². The third kappa shape index (κ3) is 4.33. The molecule has 0 saturated heterocycles. The smallest absolute Gasteiger partial charge is 0.289 e. The third-order valence-corrected chi connectivity index (χ3v) is 3.99. The summed E-state index contributed by atoms with van der Waals surface area (Å²) in [4.78, 5) is 12.1. The number of rotatable bonds is 5. The molecule has 1 amide bonds. The topological polar surface area (TPSA) is 79.4 Å². The highest BCUT2D eigenvalue weighted by atomic mass is 79.9. The molecule has 2 aromatic carbocycles. The van der Waals surface area contributed by atoms with Crippen molar-refractivity contribution in [2.45, 2.75) is 0 Å². The summed E-state index contributed by atoms with van der Waals surface area (Å²) in [6.45, 7) is 0. The molecule has 2 N–H and O–H groups in total. The van der Waals surface area contributed by atoms with Gasteiger partial charge in [-0.3, -0.25) is 9.89 Å². The second-order valence-corrected chi connectivity index (χ2v) is 6.06. The van der Waals surface area contributed by atoms with Gasteiger partial charge in [0, 0.05) is 10.0 Å². The van der Waals surface area contributed by atoms with Crippen molar-refractivity contribution in [3.05, 3.63) is 70.3 Å². The van der Waals surface area contributed by atoms with Crippen molar-refractivity contribution in [3.63, 3.8) is 0 Å². The summed E-state index contributed by atoms with van der Waals surface area (Å²) in [5.74, 6) is 0.403. The van der Waals surface area contributed by atoms with Crippen molar-refractivity contribution in [1.82, 2.24) is 15.6 Å². The van der Waals surface area contributed by atoms with E-state index in [0.29, 0.717) is 11.4 Å². The second-order valence-electron chi connectivity index (χ2n) is 5.15. The van der Waals surface area contributed by atoms with Crippen LogP contribution in [0.5, 0.6) is 5.75 Å². The van der Waals surface area contributed by atoms with Crippen LogP contribution in [0.25, 0.3) is 11.3 Å². The van der Waals surface area contributed by atoms with E-state index in [1.807, 2.05) is 48.5 Å². The molecule has 0 atom stereocenters. The van der Waals surface area contributed by atoms with Crippen LogP contribution in [0, 0.1) is 0 Å². The molecule has 0 aliphatic heterocycles. The van der Waals surface area contributed by atoms with Gasteiger partial charge in [-0.1, -0.05) is 28.1 Å².